The lowest BCUT2D eigenvalue weighted by Crippen LogP contribution is -2.29. The van der Waals surface area contributed by atoms with Crippen molar-refractivity contribution in [3.63, 3.8) is 0 Å². The Morgan fingerprint density at radius 1 is 1.29 bits per heavy atom. The Balaban J connectivity index is 2.26. The number of methoxy groups -OCH3 is 1. The van der Waals surface area contributed by atoms with E-state index in [-0.39, 0.29) is 0 Å². The van der Waals surface area contributed by atoms with Gasteiger partial charge in [0, 0.05) is 24.8 Å². The van der Waals surface area contributed by atoms with E-state index in [9.17, 15) is 4.79 Å². The van der Waals surface area contributed by atoms with E-state index < -0.39 is 0 Å². The van der Waals surface area contributed by atoms with Gasteiger partial charge >= 0.3 is 0 Å². The molecule has 0 aliphatic carbocycles. The zero-order chi connectivity index (χ0) is 12.1. The van der Waals surface area contributed by atoms with Crippen molar-refractivity contribution in [2.75, 3.05) is 25.1 Å². The topological polar surface area (TPSA) is 41.9 Å². The smallest absolute Gasteiger partial charge is 0.240 e. The molecule has 0 saturated carbocycles. The van der Waals surface area contributed by atoms with Gasteiger partial charge < -0.3 is 9.64 Å². The van der Waals surface area contributed by atoms with Crippen LogP contribution in [-0.2, 0) is 4.79 Å². The highest BCUT2D eigenvalue weighted by Crippen LogP contribution is 2.32. The van der Waals surface area contributed by atoms with Crippen LogP contribution in [0.25, 0.3) is 0 Å². The number of benzene rings is 1. The number of anilines is 1. The first-order valence-electron chi connectivity index (χ1n) is 5.86. The van der Waals surface area contributed by atoms with Crippen LogP contribution in [-0.4, -0.2) is 26.3 Å². The second-order valence-electron chi connectivity index (χ2n) is 4.11. The molecule has 0 amide bonds. The SMILES string of the molecule is COc1cc(N2CCCCC2)ccc1N=C=O. The molecule has 0 aromatic heterocycles. The summed E-state index contributed by atoms with van der Waals surface area (Å²) < 4.78 is 5.23. The van der Waals surface area contributed by atoms with Gasteiger partial charge in [0.05, 0.1) is 7.11 Å². The first-order valence-corrected chi connectivity index (χ1v) is 5.86. The molecule has 1 saturated heterocycles. The summed E-state index contributed by atoms with van der Waals surface area (Å²) in [5, 5.41) is 0. The maximum atomic E-state index is 10.3. The highest BCUT2D eigenvalue weighted by Gasteiger charge is 2.12. The van der Waals surface area contributed by atoms with Crippen molar-refractivity contribution in [2.45, 2.75) is 19.3 Å². The predicted molar refractivity (Wildman–Crippen MR) is 66.8 cm³/mol. The fourth-order valence-electron chi connectivity index (χ4n) is 2.16. The molecular weight excluding hydrogens is 216 g/mol. The zero-order valence-electron chi connectivity index (χ0n) is 9.98. The first kappa shape index (κ1) is 11.7. The monoisotopic (exact) mass is 232 g/mol. The van der Waals surface area contributed by atoms with Gasteiger partial charge in [0.2, 0.25) is 6.08 Å². The highest BCUT2D eigenvalue weighted by molar-refractivity contribution is 5.64. The largest absolute Gasteiger partial charge is 0.494 e. The van der Waals surface area contributed by atoms with Gasteiger partial charge in [-0.15, -0.1) is 0 Å². The van der Waals surface area contributed by atoms with Gasteiger partial charge in [-0.1, -0.05) is 0 Å². The molecule has 1 aliphatic heterocycles. The molecule has 4 nitrogen and oxygen atoms in total. The van der Waals surface area contributed by atoms with Crippen LogP contribution in [0.1, 0.15) is 19.3 Å². The number of piperidine rings is 1. The Kier molecular flexibility index (Phi) is 3.78. The maximum Gasteiger partial charge on any atom is 0.240 e. The molecule has 1 aliphatic rings. The standard InChI is InChI=1S/C13H16N2O2/c1-17-13-9-11(5-6-12(13)14-10-16)15-7-3-2-4-8-15/h5-6,9H,2-4,7-8H2,1H3. The van der Waals surface area contributed by atoms with Crippen molar-refractivity contribution in [3.8, 4) is 5.75 Å². The molecule has 1 aromatic carbocycles. The molecule has 0 bridgehead atoms. The third kappa shape index (κ3) is 2.66. The van der Waals surface area contributed by atoms with Gasteiger partial charge in [0.25, 0.3) is 0 Å². The zero-order valence-corrected chi connectivity index (χ0v) is 9.98. The third-order valence-corrected chi connectivity index (χ3v) is 3.05. The van der Waals surface area contributed by atoms with Gasteiger partial charge in [-0.05, 0) is 31.4 Å². The van der Waals surface area contributed by atoms with Gasteiger partial charge in [-0.3, -0.25) is 0 Å². The van der Waals surface area contributed by atoms with Crippen LogP contribution in [0, 0.1) is 0 Å². The van der Waals surface area contributed by atoms with Gasteiger partial charge in [-0.2, -0.15) is 4.99 Å². The molecule has 1 fully saturated rings. The van der Waals surface area contributed by atoms with Crippen LogP contribution in [0.15, 0.2) is 23.2 Å². The van der Waals surface area contributed by atoms with Gasteiger partial charge in [0.15, 0.2) is 0 Å². The minimum absolute atomic E-state index is 0.531. The molecule has 0 radical (unpaired) electrons. The fraction of sp³-hybridized carbons (Fsp3) is 0.462. The summed E-state index contributed by atoms with van der Waals surface area (Å²) in [6, 6.07) is 5.71. The predicted octanol–water partition coefficient (Wildman–Crippen LogP) is 2.65. The van der Waals surface area contributed by atoms with Crippen LogP contribution < -0.4 is 9.64 Å². The lowest BCUT2D eigenvalue weighted by molar-refractivity contribution is 0.416. The Morgan fingerprint density at radius 3 is 2.71 bits per heavy atom. The summed E-state index contributed by atoms with van der Waals surface area (Å²) in [6.45, 7) is 2.17. The minimum atomic E-state index is 0.531. The van der Waals surface area contributed by atoms with Crippen LogP contribution in [0.2, 0.25) is 0 Å². The average molecular weight is 232 g/mol. The summed E-state index contributed by atoms with van der Waals surface area (Å²) in [6.07, 6.45) is 5.31. The van der Waals surface area contributed by atoms with Crippen molar-refractivity contribution in [1.29, 1.82) is 0 Å². The quantitative estimate of drug-likeness (QED) is 0.594. The summed E-state index contributed by atoms with van der Waals surface area (Å²) in [5.41, 5.74) is 1.66. The number of carbonyl (C=O) groups excluding carboxylic acids is 1. The average Bonchev–Trinajstić information content (AvgIpc) is 2.40. The summed E-state index contributed by atoms with van der Waals surface area (Å²) in [5.74, 6) is 0.622. The Labute approximate surface area is 101 Å². The molecule has 0 unspecified atom stereocenters. The van der Waals surface area contributed by atoms with Gasteiger partial charge in [-0.25, -0.2) is 4.79 Å². The van der Waals surface area contributed by atoms with Crippen molar-refractivity contribution in [3.05, 3.63) is 18.2 Å². The minimum Gasteiger partial charge on any atom is -0.494 e. The molecule has 1 heterocycles. The normalized spacial score (nSPS) is 15.2. The summed E-state index contributed by atoms with van der Waals surface area (Å²) in [4.78, 5) is 16.2. The van der Waals surface area contributed by atoms with E-state index in [1.54, 1.807) is 13.2 Å². The first-order chi connectivity index (χ1) is 8.35. The molecule has 0 spiro atoms. The molecule has 0 atom stereocenters. The number of aliphatic imine (C=N–C) groups is 1. The third-order valence-electron chi connectivity index (χ3n) is 3.05. The lowest BCUT2D eigenvalue weighted by atomic mass is 10.1. The molecule has 17 heavy (non-hydrogen) atoms. The number of rotatable bonds is 3. The Bertz CT molecular complexity index is 433. The number of isocyanates is 1. The van der Waals surface area contributed by atoms with Gasteiger partial charge in [0.1, 0.15) is 11.4 Å². The van der Waals surface area contributed by atoms with Crippen molar-refractivity contribution >= 4 is 17.5 Å². The van der Waals surface area contributed by atoms with Crippen LogP contribution in [0.3, 0.4) is 0 Å². The molecule has 2 rings (SSSR count). The van der Waals surface area contributed by atoms with E-state index in [4.69, 9.17) is 4.74 Å². The summed E-state index contributed by atoms with van der Waals surface area (Å²) in [7, 11) is 1.58. The molecule has 1 aromatic rings. The second-order valence-corrected chi connectivity index (χ2v) is 4.11. The van der Waals surface area contributed by atoms with E-state index in [1.807, 2.05) is 12.1 Å². The van der Waals surface area contributed by atoms with E-state index in [0.29, 0.717) is 11.4 Å². The van der Waals surface area contributed by atoms with Crippen LogP contribution in [0.5, 0.6) is 5.75 Å². The van der Waals surface area contributed by atoms with Crippen LogP contribution >= 0.6 is 0 Å². The second kappa shape index (κ2) is 5.51. The number of hydrogen-bond acceptors (Lipinski definition) is 4. The Morgan fingerprint density at radius 2 is 2.06 bits per heavy atom. The number of ether oxygens (including phenoxy) is 1. The number of nitrogens with zero attached hydrogens (tertiary/aromatic N) is 2. The fourth-order valence-corrected chi connectivity index (χ4v) is 2.16. The van der Waals surface area contributed by atoms with E-state index >= 15 is 0 Å². The molecule has 0 N–H and O–H groups in total. The summed E-state index contributed by atoms with van der Waals surface area (Å²) >= 11 is 0. The molecular formula is C13H16N2O2. The van der Waals surface area contributed by atoms with E-state index in [1.165, 1.54) is 25.3 Å². The highest BCUT2D eigenvalue weighted by atomic mass is 16.5. The molecule has 4 heteroatoms. The Hall–Kier alpha value is -1.80. The van der Waals surface area contributed by atoms with Crippen molar-refractivity contribution in [2.24, 2.45) is 4.99 Å². The number of hydrogen-bond donors (Lipinski definition) is 0. The van der Waals surface area contributed by atoms with E-state index in [0.717, 1.165) is 18.8 Å². The lowest BCUT2D eigenvalue weighted by Gasteiger charge is -2.29. The molecule has 90 valence electrons. The van der Waals surface area contributed by atoms with Crippen molar-refractivity contribution in [1.82, 2.24) is 0 Å². The maximum absolute atomic E-state index is 10.3. The van der Waals surface area contributed by atoms with Crippen LogP contribution in [0.4, 0.5) is 11.4 Å². The van der Waals surface area contributed by atoms with E-state index in [2.05, 4.69) is 9.89 Å². The van der Waals surface area contributed by atoms with Crippen molar-refractivity contribution < 1.29 is 9.53 Å².